The van der Waals surface area contributed by atoms with Gasteiger partial charge in [0.25, 0.3) is 11.7 Å². The number of aliphatic hydroxyl groups excluding tert-OH is 1. The Balaban J connectivity index is 1.82. The maximum absolute atomic E-state index is 13.4. The molecule has 0 radical (unpaired) electrons. The Bertz CT molecular complexity index is 1340. The van der Waals surface area contributed by atoms with Crippen LogP contribution in [0.25, 0.3) is 5.76 Å². The molecule has 0 saturated carbocycles. The van der Waals surface area contributed by atoms with Gasteiger partial charge in [-0.15, -0.1) is 0 Å². The molecule has 8 heteroatoms. The molecule has 1 aromatic heterocycles. The van der Waals surface area contributed by atoms with Crippen LogP contribution in [-0.2, 0) is 16.1 Å². The Hall–Kier alpha value is -4.33. The number of carbonyl (C=O) groups is 2. The van der Waals surface area contributed by atoms with Gasteiger partial charge < -0.3 is 24.2 Å². The van der Waals surface area contributed by atoms with E-state index in [1.807, 2.05) is 6.07 Å². The van der Waals surface area contributed by atoms with Gasteiger partial charge in [-0.3, -0.25) is 14.6 Å². The quantitative estimate of drug-likeness (QED) is 0.226. The highest BCUT2D eigenvalue weighted by Gasteiger charge is 2.46. The number of aromatic nitrogens is 1. The molecule has 1 saturated heterocycles. The van der Waals surface area contributed by atoms with Crippen LogP contribution in [0.4, 0.5) is 0 Å². The predicted molar refractivity (Wildman–Crippen MR) is 143 cm³/mol. The fraction of sp³-hybridized carbons (Fsp3) is 0.300. The summed E-state index contributed by atoms with van der Waals surface area (Å²) in [6.07, 6.45) is 4.17. The van der Waals surface area contributed by atoms with E-state index in [0.29, 0.717) is 40.9 Å². The van der Waals surface area contributed by atoms with Crippen molar-refractivity contribution in [3.63, 3.8) is 0 Å². The van der Waals surface area contributed by atoms with Gasteiger partial charge in [0.15, 0.2) is 11.5 Å². The molecule has 1 aliphatic heterocycles. The van der Waals surface area contributed by atoms with Crippen LogP contribution in [0.1, 0.15) is 43.0 Å². The Labute approximate surface area is 222 Å². The molecule has 0 bridgehead atoms. The van der Waals surface area contributed by atoms with Crippen molar-refractivity contribution in [3.05, 3.63) is 89.3 Å². The number of hydrogen-bond donors (Lipinski definition) is 1. The minimum Gasteiger partial charge on any atom is -0.507 e. The first-order chi connectivity index (χ1) is 18.3. The van der Waals surface area contributed by atoms with Gasteiger partial charge in [0, 0.05) is 24.5 Å². The van der Waals surface area contributed by atoms with Crippen molar-refractivity contribution in [1.29, 1.82) is 0 Å². The molecule has 38 heavy (non-hydrogen) atoms. The van der Waals surface area contributed by atoms with Gasteiger partial charge in [0.05, 0.1) is 32.4 Å². The van der Waals surface area contributed by atoms with Gasteiger partial charge in [0.2, 0.25) is 0 Å². The molecule has 1 atom stereocenters. The average Bonchev–Trinajstić information content (AvgIpc) is 3.18. The number of rotatable bonds is 10. The van der Waals surface area contributed by atoms with Crippen molar-refractivity contribution in [2.24, 2.45) is 5.92 Å². The molecule has 0 aliphatic carbocycles. The summed E-state index contributed by atoms with van der Waals surface area (Å²) in [5, 5.41) is 11.3. The number of likely N-dealkylation sites (tertiary alicyclic amines) is 1. The largest absolute Gasteiger partial charge is 0.507 e. The fourth-order valence-corrected chi connectivity index (χ4v) is 4.38. The maximum atomic E-state index is 13.4. The second kappa shape index (κ2) is 11.8. The monoisotopic (exact) mass is 516 g/mol. The second-order valence-corrected chi connectivity index (χ2v) is 9.46. The average molecular weight is 517 g/mol. The van der Waals surface area contributed by atoms with Gasteiger partial charge in [0.1, 0.15) is 11.5 Å². The van der Waals surface area contributed by atoms with Gasteiger partial charge in [-0.05, 0) is 53.8 Å². The third kappa shape index (κ3) is 5.64. The molecule has 1 N–H and O–H groups in total. The van der Waals surface area contributed by atoms with Crippen LogP contribution in [0, 0.1) is 5.92 Å². The molecular formula is C30H32N2O6. The van der Waals surface area contributed by atoms with E-state index in [0.717, 1.165) is 12.0 Å². The first-order valence-corrected chi connectivity index (χ1v) is 12.5. The number of hydrogen-bond acceptors (Lipinski definition) is 7. The summed E-state index contributed by atoms with van der Waals surface area (Å²) in [5.41, 5.74) is 1.71. The lowest BCUT2D eigenvalue weighted by atomic mass is 9.94. The van der Waals surface area contributed by atoms with Crippen LogP contribution < -0.4 is 14.2 Å². The number of Topliss-reactive ketones (excluding diaryl/α,β-unsaturated/α-hetero) is 1. The number of benzene rings is 2. The Kier molecular flexibility index (Phi) is 8.31. The zero-order chi connectivity index (χ0) is 27.2. The second-order valence-electron chi connectivity index (χ2n) is 9.46. The van der Waals surface area contributed by atoms with Crippen LogP contribution >= 0.6 is 0 Å². The summed E-state index contributed by atoms with van der Waals surface area (Å²) >= 11 is 0. The van der Waals surface area contributed by atoms with E-state index in [1.165, 1.54) is 19.1 Å². The Morgan fingerprint density at radius 3 is 2.53 bits per heavy atom. The van der Waals surface area contributed by atoms with Crippen molar-refractivity contribution >= 4 is 17.4 Å². The molecule has 1 fully saturated rings. The van der Waals surface area contributed by atoms with Crippen LogP contribution in [-0.4, -0.2) is 47.5 Å². The summed E-state index contributed by atoms with van der Waals surface area (Å²) in [6, 6.07) is 14.8. The number of nitrogens with zero attached hydrogens (tertiary/aromatic N) is 2. The number of methoxy groups -OCH3 is 2. The van der Waals surface area contributed by atoms with Crippen LogP contribution in [0.2, 0.25) is 0 Å². The van der Waals surface area contributed by atoms with E-state index in [1.54, 1.807) is 60.9 Å². The summed E-state index contributed by atoms with van der Waals surface area (Å²) in [7, 11) is 3.06. The molecule has 8 nitrogen and oxygen atoms in total. The molecule has 1 amide bonds. The molecule has 2 aromatic carbocycles. The lowest BCUT2D eigenvalue weighted by Crippen LogP contribution is -2.29. The third-order valence-corrected chi connectivity index (χ3v) is 6.42. The molecule has 198 valence electrons. The lowest BCUT2D eigenvalue weighted by molar-refractivity contribution is -0.140. The molecule has 1 aliphatic rings. The highest BCUT2D eigenvalue weighted by atomic mass is 16.5. The SMILES string of the molecule is COc1cccc(C(O)=C2C(=O)C(=O)N(Cc3cccnc3)C2c2ccc(OCCC(C)C)c(OC)c2)c1. The van der Waals surface area contributed by atoms with Crippen molar-refractivity contribution in [1.82, 2.24) is 9.88 Å². The molecule has 3 aromatic rings. The zero-order valence-corrected chi connectivity index (χ0v) is 22.0. The van der Waals surface area contributed by atoms with Crippen molar-refractivity contribution < 1.29 is 28.9 Å². The van der Waals surface area contributed by atoms with Gasteiger partial charge in [-0.1, -0.05) is 38.1 Å². The van der Waals surface area contributed by atoms with Gasteiger partial charge in [-0.2, -0.15) is 0 Å². The van der Waals surface area contributed by atoms with E-state index >= 15 is 0 Å². The van der Waals surface area contributed by atoms with E-state index in [2.05, 4.69) is 18.8 Å². The molecule has 2 heterocycles. The molecule has 1 unspecified atom stereocenters. The summed E-state index contributed by atoms with van der Waals surface area (Å²) in [4.78, 5) is 32.3. The number of ether oxygens (including phenoxy) is 3. The predicted octanol–water partition coefficient (Wildman–Crippen LogP) is 5.15. The Morgan fingerprint density at radius 2 is 1.84 bits per heavy atom. The minimum atomic E-state index is -0.861. The molecular weight excluding hydrogens is 484 g/mol. The van der Waals surface area contributed by atoms with Crippen LogP contribution in [0.15, 0.2) is 72.6 Å². The summed E-state index contributed by atoms with van der Waals surface area (Å²) in [6.45, 7) is 4.91. The Morgan fingerprint density at radius 1 is 1.03 bits per heavy atom. The normalized spacial score (nSPS) is 16.7. The fourth-order valence-electron chi connectivity index (χ4n) is 4.38. The topological polar surface area (TPSA) is 98.2 Å². The first-order valence-electron chi connectivity index (χ1n) is 12.5. The number of carbonyl (C=O) groups excluding carboxylic acids is 2. The first kappa shape index (κ1) is 26.7. The lowest BCUT2D eigenvalue weighted by Gasteiger charge is -2.26. The van der Waals surface area contributed by atoms with E-state index < -0.39 is 17.7 Å². The number of pyridine rings is 1. The van der Waals surface area contributed by atoms with E-state index in [9.17, 15) is 14.7 Å². The van der Waals surface area contributed by atoms with Crippen LogP contribution in [0.3, 0.4) is 0 Å². The summed E-state index contributed by atoms with van der Waals surface area (Å²) in [5.74, 6) is 0.282. The number of amides is 1. The third-order valence-electron chi connectivity index (χ3n) is 6.42. The highest BCUT2D eigenvalue weighted by molar-refractivity contribution is 6.46. The highest BCUT2D eigenvalue weighted by Crippen LogP contribution is 2.43. The van der Waals surface area contributed by atoms with E-state index in [4.69, 9.17) is 14.2 Å². The molecule has 4 rings (SSSR count). The van der Waals surface area contributed by atoms with Crippen molar-refractivity contribution in [2.75, 3.05) is 20.8 Å². The number of ketones is 1. The molecule has 0 spiro atoms. The van der Waals surface area contributed by atoms with Crippen molar-refractivity contribution in [3.8, 4) is 17.2 Å². The van der Waals surface area contributed by atoms with Gasteiger partial charge in [-0.25, -0.2) is 0 Å². The number of aliphatic hydroxyl groups is 1. The van der Waals surface area contributed by atoms with E-state index in [-0.39, 0.29) is 17.9 Å². The maximum Gasteiger partial charge on any atom is 0.295 e. The summed E-state index contributed by atoms with van der Waals surface area (Å²) < 4.78 is 16.8. The van der Waals surface area contributed by atoms with Crippen LogP contribution in [0.5, 0.6) is 17.2 Å². The van der Waals surface area contributed by atoms with Crippen molar-refractivity contribution in [2.45, 2.75) is 32.9 Å². The zero-order valence-electron chi connectivity index (χ0n) is 22.0. The van der Waals surface area contributed by atoms with Gasteiger partial charge >= 0.3 is 0 Å². The standard InChI is InChI=1S/C30H32N2O6/c1-19(2)12-14-38-24-11-10-21(16-25(24)37-4)27-26(28(33)22-8-5-9-23(15-22)36-3)29(34)30(35)32(27)18-20-7-6-13-31-17-20/h5-11,13,15-17,19,27,33H,12,14,18H2,1-4H3. The smallest absolute Gasteiger partial charge is 0.295 e. The minimum absolute atomic E-state index is 0.0114.